The molecule has 1 amide bonds. The summed E-state index contributed by atoms with van der Waals surface area (Å²) in [6.45, 7) is 3.97. The molecule has 4 nitrogen and oxygen atoms in total. The molecule has 0 aromatic heterocycles. The molecular formula is C18H16ClN3O. The van der Waals surface area contributed by atoms with Gasteiger partial charge in [-0.1, -0.05) is 23.7 Å². The van der Waals surface area contributed by atoms with Crippen molar-refractivity contribution in [1.82, 2.24) is 0 Å². The number of nitriles is 1. The summed E-state index contributed by atoms with van der Waals surface area (Å²) in [6.07, 6.45) is 1.40. The van der Waals surface area contributed by atoms with E-state index < -0.39 is 5.91 Å². The number of hydrogen-bond donors (Lipinski definition) is 2. The van der Waals surface area contributed by atoms with Crippen molar-refractivity contribution >= 4 is 28.9 Å². The molecule has 0 radical (unpaired) electrons. The molecule has 0 aliphatic rings. The highest BCUT2D eigenvalue weighted by Gasteiger charge is 2.09. The number of carbonyl (C=O) groups excluding carboxylic acids is 1. The van der Waals surface area contributed by atoms with Crippen LogP contribution in [0.15, 0.2) is 54.2 Å². The van der Waals surface area contributed by atoms with Crippen LogP contribution >= 0.6 is 11.6 Å². The van der Waals surface area contributed by atoms with Gasteiger partial charge in [-0.05, 0) is 55.3 Å². The second kappa shape index (κ2) is 7.48. The Labute approximate surface area is 140 Å². The Morgan fingerprint density at radius 1 is 1.13 bits per heavy atom. The molecule has 23 heavy (non-hydrogen) atoms. The Kier molecular flexibility index (Phi) is 5.40. The molecule has 2 aromatic rings. The van der Waals surface area contributed by atoms with Crippen molar-refractivity contribution < 1.29 is 4.79 Å². The SMILES string of the molecule is Cc1cc(C)cc(NC=C(C#N)C(=O)Nc2cccc(Cl)c2)c1. The van der Waals surface area contributed by atoms with Gasteiger partial charge in [-0.25, -0.2) is 0 Å². The molecule has 5 heteroatoms. The number of benzene rings is 2. The summed E-state index contributed by atoms with van der Waals surface area (Å²) in [7, 11) is 0. The van der Waals surface area contributed by atoms with E-state index in [4.69, 9.17) is 11.6 Å². The van der Waals surface area contributed by atoms with Crippen LogP contribution in [-0.4, -0.2) is 5.91 Å². The van der Waals surface area contributed by atoms with E-state index in [9.17, 15) is 10.1 Å². The van der Waals surface area contributed by atoms with Gasteiger partial charge in [0.05, 0.1) is 0 Å². The van der Waals surface area contributed by atoms with Crippen LogP contribution < -0.4 is 10.6 Å². The monoisotopic (exact) mass is 325 g/mol. The fourth-order valence-corrected chi connectivity index (χ4v) is 2.32. The minimum atomic E-state index is -0.494. The average molecular weight is 326 g/mol. The molecule has 0 unspecified atom stereocenters. The standard InChI is InChI=1S/C18H16ClN3O/c1-12-6-13(2)8-17(7-12)21-11-14(10-20)18(23)22-16-5-3-4-15(19)9-16/h3-9,11,21H,1-2H3,(H,22,23). The van der Waals surface area contributed by atoms with Crippen LogP contribution in [-0.2, 0) is 4.79 Å². The van der Waals surface area contributed by atoms with Crippen molar-refractivity contribution in [2.45, 2.75) is 13.8 Å². The Morgan fingerprint density at radius 2 is 1.83 bits per heavy atom. The Hall–Kier alpha value is -2.77. The lowest BCUT2D eigenvalue weighted by atomic mass is 10.1. The normalized spacial score (nSPS) is 10.8. The van der Waals surface area contributed by atoms with Crippen LogP contribution in [0.5, 0.6) is 0 Å². The topological polar surface area (TPSA) is 64.9 Å². The van der Waals surface area contributed by atoms with E-state index in [0.717, 1.165) is 16.8 Å². The van der Waals surface area contributed by atoms with E-state index in [1.807, 2.05) is 38.1 Å². The van der Waals surface area contributed by atoms with Crippen LogP contribution in [0.3, 0.4) is 0 Å². The van der Waals surface area contributed by atoms with Gasteiger partial charge in [0.25, 0.3) is 5.91 Å². The first kappa shape index (κ1) is 16.6. The molecule has 0 aliphatic heterocycles. The summed E-state index contributed by atoms with van der Waals surface area (Å²) < 4.78 is 0. The van der Waals surface area contributed by atoms with Crippen molar-refractivity contribution in [2.75, 3.05) is 10.6 Å². The van der Waals surface area contributed by atoms with Crippen molar-refractivity contribution in [2.24, 2.45) is 0 Å². The second-order valence-corrected chi connectivity index (χ2v) is 5.59. The summed E-state index contributed by atoms with van der Waals surface area (Å²) in [6, 6.07) is 14.6. The molecule has 116 valence electrons. The molecule has 0 bridgehead atoms. The minimum Gasteiger partial charge on any atom is -0.360 e. The summed E-state index contributed by atoms with van der Waals surface area (Å²) in [5.74, 6) is -0.494. The van der Waals surface area contributed by atoms with E-state index >= 15 is 0 Å². The Bertz CT molecular complexity index is 786. The Morgan fingerprint density at radius 3 is 2.43 bits per heavy atom. The van der Waals surface area contributed by atoms with Crippen LogP contribution in [0.1, 0.15) is 11.1 Å². The summed E-state index contributed by atoms with van der Waals surface area (Å²) in [5, 5.41) is 15.3. The van der Waals surface area contributed by atoms with Gasteiger partial charge >= 0.3 is 0 Å². The zero-order valence-corrected chi connectivity index (χ0v) is 13.6. The van der Waals surface area contributed by atoms with Gasteiger partial charge in [-0.15, -0.1) is 0 Å². The molecule has 0 saturated carbocycles. The van der Waals surface area contributed by atoms with Gasteiger partial charge in [0, 0.05) is 22.6 Å². The number of amides is 1. The first-order valence-corrected chi connectivity index (χ1v) is 7.38. The Balaban J connectivity index is 2.12. The molecule has 0 spiro atoms. The number of nitrogens with zero attached hydrogens (tertiary/aromatic N) is 1. The highest BCUT2D eigenvalue weighted by Crippen LogP contribution is 2.16. The van der Waals surface area contributed by atoms with Crippen molar-refractivity contribution in [3.8, 4) is 6.07 Å². The van der Waals surface area contributed by atoms with Gasteiger partial charge in [0.15, 0.2) is 0 Å². The van der Waals surface area contributed by atoms with Crippen LogP contribution in [0.25, 0.3) is 0 Å². The molecule has 2 rings (SSSR count). The van der Waals surface area contributed by atoms with E-state index in [2.05, 4.69) is 10.6 Å². The first-order valence-electron chi connectivity index (χ1n) is 7.00. The van der Waals surface area contributed by atoms with Crippen LogP contribution in [0.2, 0.25) is 5.02 Å². The van der Waals surface area contributed by atoms with Crippen LogP contribution in [0, 0.1) is 25.2 Å². The van der Waals surface area contributed by atoms with E-state index in [0.29, 0.717) is 10.7 Å². The number of carbonyl (C=O) groups is 1. The first-order chi connectivity index (χ1) is 11.0. The fraction of sp³-hybridized carbons (Fsp3) is 0.111. The minimum absolute atomic E-state index is 0.0239. The molecule has 0 aliphatic carbocycles. The molecule has 2 N–H and O–H groups in total. The maximum Gasteiger partial charge on any atom is 0.267 e. The predicted octanol–water partition coefficient (Wildman–Crippen LogP) is 4.41. The summed E-state index contributed by atoms with van der Waals surface area (Å²) in [5.41, 5.74) is 3.54. The highest BCUT2D eigenvalue weighted by molar-refractivity contribution is 6.31. The zero-order valence-electron chi connectivity index (χ0n) is 12.9. The molecular weight excluding hydrogens is 310 g/mol. The zero-order chi connectivity index (χ0) is 16.8. The highest BCUT2D eigenvalue weighted by atomic mass is 35.5. The van der Waals surface area contributed by atoms with Crippen LogP contribution in [0.4, 0.5) is 11.4 Å². The van der Waals surface area contributed by atoms with Crippen molar-refractivity contribution in [1.29, 1.82) is 5.26 Å². The third kappa shape index (κ3) is 4.87. The number of rotatable bonds is 4. The smallest absolute Gasteiger partial charge is 0.267 e. The lowest BCUT2D eigenvalue weighted by Crippen LogP contribution is -2.14. The maximum atomic E-state index is 12.1. The lowest BCUT2D eigenvalue weighted by Gasteiger charge is -2.07. The van der Waals surface area contributed by atoms with Gasteiger partial charge in [0.1, 0.15) is 11.6 Å². The van der Waals surface area contributed by atoms with Gasteiger partial charge in [-0.3, -0.25) is 4.79 Å². The average Bonchev–Trinajstić information content (AvgIpc) is 2.46. The quantitative estimate of drug-likeness (QED) is 0.646. The molecule has 0 atom stereocenters. The number of aryl methyl sites for hydroxylation is 2. The molecule has 0 fully saturated rings. The second-order valence-electron chi connectivity index (χ2n) is 5.16. The van der Waals surface area contributed by atoms with Gasteiger partial charge in [0.2, 0.25) is 0 Å². The summed E-state index contributed by atoms with van der Waals surface area (Å²) in [4.78, 5) is 12.1. The predicted molar refractivity (Wildman–Crippen MR) is 93.3 cm³/mol. The van der Waals surface area contributed by atoms with E-state index in [1.54, 1.807) is 24.3 Å². The number of nitrogens with one attached hydrogen (secondary N) is 2. The van der Waals surface area contributed by atoms with Crippen molar-refractivity contribution in [3.63, 3.8) is 0 Å². The third-order valence-corrected chi connectivity index (χ3v) is 3.29. The van der Waals surface area contributed by atoms with Crippen molar-refractivity contribution in [3.05, 3.63) is 70.4 Å². The summed E-state index contributed by atoms with van der Waals surface area (Å²) >= 11 is 5.87. The molecule has 2 aromatic carbocycles. The van der Waals surface area contributed by atoms with E-state index in [1.165, 1.54) is 6.20 Å². The molecule has 0 heterocycles. The van der Waals surface area contributed by atoms with Gasteiger partial charge < -0.3 is 10.6 Å². The fourth-order valence-electron chi connectivity index (χ4n) is 2.13. The van der Waals surface area contributed by atoms with E-state index in [-0.39, 0.29) is 5.57 Å². The number of hydrogen-bond acceptors (Lipinski definition) is 3. The largest absolute Gasteiger partial charge is 0.360 e. The number of anilines is 2. The lowest BCUT2D eigenvalue weighted by molar-refractivity contribution is -0.112. The maximum absolute atomic E-state index is 12.1. The van der Waals surface area contributed by atoms with Gasteiger partial charge in [-0.2, -0.15) is 5.26 Å². The third-order valence-electron chi connectivity index (χ3n) is 3.05. The molecule has 0 saturated heterocycles. The number of halogens is 1.